The van der Waals surface area contributed by atoms with Crippen LogP contribution in [0, 0.1) is 11.6 Å². The molecule has 1 N–H and O–H groups in total. The number of halogens is 2. The van der Waals surface area contributed by atoms with Crippen LogP contribution in [0.4, 0.5) is 8.78 Å². The largest absolute Gasteiger partial charge is 0.310 e. The highest BCUT2D eigenvalue weighted by atomic mass is 32.2. The molecule has 1 unspecified atom stereocenters. The average Bonchev–Trinajstić information content (AvgIpc) is 2.72. The normalized spacial score (nSPS) is 12.7. The van der Waals surface area contributed by atoms with E-state index < -0.39 is 21.5 Å². The summed E-state index contributed by atoms with van der Waals surface area (Å²) >= 11 is 0. The van der Waals surface area contributed by atoms with Crippen LogP contribution in [-0.2, 0) is 15.6 Å². The zero-order chi connectivity index (χ0) is 21.7. The third-order valence-corrected chi connectivity index (χ3v) is 6.73. The summed E-state index contributed by atoms with van der Waals surface area (Å²) < 4.78 is 52.9. The van der Waals surface area contributed by atoms with Gasteiger partial charge >= 0.3 is 0 Å². The maximum absolute atomic E-state index is 14.0. The lowest BCUT2D eigenvalue weighted by Gasteiger charge is -2.17. The van der Waals surface area contributed by atoms with E-state index >= 15 is 0 Å². The average molecular weight is 430 g/mol. The van der Waals surface area contributed by atoms with Gasteiger partial charge < -0.3 is 5.32 Å². The van der Waals surface area contributed by atoms with Gasteiger partial charge in [-0.25, -0.2) is 17.2 Å². The highest BCUT2D eigenvalue weighted by Crippen LogP contribution is 2.26. The molecule has 0 saturated heterocycles. The summed E-state index contributed by atoms with van der Waals surface area (Å²) in [7, 11) is -3.56. The maximum Gasteiger partial charge on any atom is 0.182 e. The molecular formula is C24H25F2NO2S. The first kappa shape index (κ1) is 22.1. The van der Waals surface area contributed by atoms with Gasteiger partial charge in [-0.2, -0.15) is 0 Å². The van der Waals surface area contributed by atoms with Crippen LogP contribution in [0.3, 0.4) is 0 Å². The van der Waals surface area contributed by atoms with Gasteiger partial charge in [0.2, 0.25) is 0 Å². The van der Waals surface area contributed by atoms with Gasteiger partial charge in [0, 0.05) is 17.7 Å². The number of benzene rings is 3. The highest BCUT2D eigenvalue weighted by molar-refractivity contribution is 7.90. The molecule has 1 atom stereocenters. The van der Waals surface area contributed by atoms with Gasteiger partial charge in [-0.1, -0.05) is 50.2 Å². The van der Waals surface area contributed by atoms with Crippen molar-refractivity contribution >= 4 is 9.84 Å². The standard InChI is InChI=1S/C24H25F2NO2S/c1-3-24(27-4-2)19-7-5-6-17(14-19)16-30(28,29)21-11-8-18(9-12-21)22-13-10-20(25)15-23(22)26/h5-15,24,27H,3-4,16H2,1-2H3. The Morgan fingerprint density at radius 2 is 1.67 bits per heavy atom. The second kappa shape index (κ2) is 9.49. The lowest BCUT2D eigenvalue weighted by Crippen LogP contribution is -2.20. The zero-order valence-electron chi connectivity index (χ0n) is 17.0. The fraction of sp³-hybridized carbons (Fsp3) is 0.250. The maximum atomic E-state index is 14.0. The number of nitrogens with one attached hydrogen (secondary N) is 1. The van der Waals surface area contributed by atoms with Crippen molar-refractivity contribution in [3.63, 3.8) is 0 Å². The predicted octanol–water partition coefficient (Wildman–Crippen LogP) is 5.67. The van der Waals surface area contributed by atoms with E-state index in [9.17, 15) is 17.2 Å². The Labute approximate surface area is 176 Å². The van der Waals surface area contributed by atoms with Crippen molar-refractivity contribution in [2.24, 2.45) is 0 Å². The molecule has 0 bridgehead atoms. The fourth-order valence-electron chi connectivity index (χ4n) is 3.51. The number of rotatable bonds is 8. The molecular weight excluding hydrogens is 404 g/mol. The number of hydrogen-bond donors (Lipinski definition) is 1. The SMILES string of the molecule is CCNC(CC)c1cccc(CS(=O)(=O)c2ccc(-c3ccc(F)cc3F)cc2)c1. The van der Waals surface area contributed by atoms with Crippen LogP contribution in [0.2, 0.25) is 0 Å². The van der Waals surface area contributed by atoms with Crippen molar-refractivity contribution in [1.29, 1.82) is 0 Å². The van der Waals surface area contributed by atoms with Crippen molar-refractivity contribution < 1.29 is 17.2 Å². The van der Waals surface area contributed by atoms with E-state index in [0.717, 1.165) is 30.2 Å². The van der Waals surface area contributed by atoms with Gasteiger partial charge in [-0.3, -0.25) is 0 Å². The van der Waals surface area contributed by atoms with Crippen LogP contribution in [0.15, 0.2) is 71.6 Å². The molecule has 0 heterocycles. The molecule has 0 radical (unpaired) electrons. The monoisotopic (exact) mass is 429 g/mol. The molecule has 6 heteroatoms. The smallest absolute Gasteiger partial charge is 0.182 e. The molecule has 0 fully saturated rings. The van der Waals surface area contributed by atoms with E-state index in [1.165, 1.54) is 36.4 Å². The van der Waals surface area contributed by atoms with Crippen LogP contribution >= 0.6 is 0 Å². The molecule has 0 aliphatic rings. The van der Waals surface area contributed by atoms with E-state index in [4.69, 9.17) is 0 Å². The van der Waals surface area contributed by atoms with Crippen LogP contribution in [0.25, 0.3) is 11.1 Å². The summed E-state index contributed by atoms with van der Waals surface area (Å²) in [5, 5.41) is 3.40. The molecule has 3 rings (SSSR count). The van der Waals surface area contributed by atoms with E-state index in [0.29, 0.717) is 5.56 Å². The van der Waals surface area contributed by atoms with Crippen molar-refractivity contribution in [3.8, 4) is 11.1 Å². The molecule has 158 valence electrons. The fourth-order valence-corrected chi connectivity index (χ4v) is 4.85. The molecule has 3 aromatic carbocycles. The van der Waals surface area contributed by atoms with Crippen molar-refractivity contribution in [2.45, 2.75) is 37.0 Å². The van der Waals surface area contributed by atoms with Gasteiger partial charge in [0.1, 0.15) is 11.6 Å². The lowest BCUT2D eigenvalue weighted by atomic mass is 10.0. The minimum atomic E-state index is -3.56. The summed E-state index contributed by atoms with van der Waals surface area (Å²) in [6.45, 7) is 4.96. The van der Waals surface area contributed by atoms with Crippen molar-refractivity contribution in [3.05, 3.63) is 89.5 Å². The van der Waals surface area contributed by atoms with Crippen LogP contribution < -0.4 is 5.32 Å². The number of hydrogen-bond acceptors (Lipinski definition) is 3. The van der Waals surface area contributed by atoms with Gasteiger partial charge in [0.25, 0.3) is 0 Å². The third kappa shape index (κ3) is 5.12. The van der Waals surface area contributed by atoms with E-state index in [1.807, 2.05) is 31.2 Å². The molecule has 0 spiro atoms. The molecule has 0 aliphatic carbocycles. The summed E-state index contributed by atoms with van der Waals surface area (Å²) in [6, 6.07) is 17.1. The van der Waals surface area contributed by atoms with E-state index in [-0.39, 0.29) is 22.3 Å². The minimum absolute atomic E-state index is 0.117. The quantitative estimate of drug-likeness (QED) is 0.502. The molecule has 0 aliphatic heterocycles. The summed E-state index contributed by atoms with van der Waals surface area (Å²) in [4.78, 5) is 0.165. The molecule has 30 heavy (non-hydrogen) atoms. The first-order chi connectivity index (χ1) is 14.3. The first-order valence-electron chi connectivity index (χ1n) is 9.94. The van der Waals surface area contributed by atoms with Gasteiger partial charge in [0.15, 0.2) is 9.84 Å². The van der Waals surface area contributed by atoms with E-state index in [2.05, 4.69) is 12.2 Å². The lowest BCUT2D eigenvalue weighted by molar-refractivity contribution is 0.537. The Hall–Kier alpha value is -2.57. The molecule has 0 amide bonds. The third-order valence-electron chi connectivity index (χ3n) is 5.02. The Bertz CT molecular complexity index is 1110. The van der Waals surface area contributed by atoms with Crippen molar-refractivity contribution in [2.75, 3.05) is 6.54 Å². The van der Waals surface area contributed by atoms with Crippen molar-refractivity contribution in [1.82, 2.24) is 5.32 Å². The predicted molar refractivity (Wildman–Crippen MR) is 116 cm³/mol. The Morgan fingerprint density at radius 1 is 0.933 bits per heavy atom. The van der Waals surface area contributed by atoms with Gasteiger partial charge in [-0.05, 0) is 53.9 Å². The molecule has 3 nitrogen and oxygen atoms in total. The number of sulfone groups is 1. The summed E-state index contributed by atoms with van der Waals surface area (Å²) in [5.41, 5.74) is 2.50. The second-order valence-corrected chi connectivity index (χ2v) is 9.16. The first-order valence-corrected chi connectivity index (χ1v) is 11.6. The van der Waals surface area contributed by atoms with Crippen LogP contribution in [0.1, 0.15) is 37.4 Å². The Morgan fingerprint density at radius 3 is 2.30 bits per heavy atom. The molecule has 0 aromatic heterocycles. The molecule has 0 saturated carbocycles. The Kier molecular flexibility index (Phi) is 7.00. The summed E-state index contributed by atoms with van der Waals surface area (Å²) in [5.74, 6) is -1.46. The highest BCUT2D eigenvalue weighted by Gasteiger charge is 2.17. The van der Waals surface area contributed by atoms with Gasteiger partial charge in [-0.15, -0.1) is 0 Å². The van der Waals surface area contributed by atoms with Gasteiger partial charge in [0.05, 0.1) is 10.6 Å². The minimum Gasteiger partial charge on any atom is -0.310 e. The topological polar surface area (TPSA) is 46.2 Å². The Balaban J connectivity index is 1.82. The molecule has 3 aromatic rings. The van der Waals surface area contributed by atoms with Crippen LogP contribution in [0.5, 0.6) is 0 Å². The second-order valence-electron chi connectivity index (χ2n) is 7.17. The van der Waals surface area contributed by atoms with Crippen LogP contribution in [-0.4, -0.2) is 15.0 Å². The summed E-state index contributed by atoms with van der Waals surface area (Å²) in [6.07, 6.45) is 0.908. The zero-order valence-corrected chi connectivity index (χ0v) is 17.8. The van der Waals surface area contributed by atoms with E-state index in [1.54, 1.807) is 0 Å².